The lowest BCUT2D eigenvalue weighted by Crippen LogP contribution is -2.27. The van der Waals surface area contributed by atoms with Crippen LogP contribution in [0.25, 0.3) is 0 Å². The molecule has 6 nitrogen and oxygen atoms in total. The van der Waals surface area contributed by atoms with Gasteiger partial charge in [0.2, 0.25) is 0 Å². The standard InChI is InChI=1S/C14H14N2O4S/c1-11-8-9-13(16(17)18)10-14(11)21(19,20)15(2)12-6-4-3-5-7-12/h3-10H,1-2H3. The molecular formula is C14H14N2O4S. The SMILES string of the molecule is Cc1ccc([N+](=O)[O-])cc1S(=O)(=O)N(C)c1ccccc1. The van der Waals surface area contributed by atoms with E-state index in [4.69, 9.17) is 0 Å². The zero-order valence-corrected chi connectivity index (χ0v) is 12.4. The summed E-state index contributed by atoms with van der Waals surface area (Å²) in [5.74, 6) is 0. The van der Waals surface area contributed by atoms with Crippen molar-refractivity contribution in [2.75, 3.05) is 11.4 Å². The Labute approximate surface area is 122 Å². The van der Waals surface area contributed by atoms with Gasteiger partial charge in [-0.3, -0.25) is 14.4 Å². The zero-order chi connectivity index (χ0) is 15.6. The minimum absolute atomic E-state index is 0.0666. The highest BCUT2D eigenvalue weighted by Gasteiger charge is 2.25. The first kappa shape index (κ1) is 15.0. The number of aryl methyl sites for hydroxylation is 1. The molecular weight excluding hydrogens is 292 g/mol. The number of non-ortho nitro benzene ring substituents is 1. The molecule has 0 amide bonds. The summed E-state index contributed by atoms with van der Waals surface area (Å²) in [6.07, 6.45) is 0. The maximum atomic E-state index is 12.6. The lowest BCUT2D eigenvalue weighted by molar-refractivity contribution is -0.385. The average molecular weight is 306 g/mol. The predicted molar refractivity (Wildman–Crippen MR) is 79.9 cm³/mol. The van der Waals surface area contributed by atoms with E-state index in [1.807, 2.05) is 0 Å². The second kappa shape index (κ2) is 5.53. The normalized spacial score (nSPS) is 11.1. The summed E-state index contributed by atoms with van der Waals surface area (Å²) in [7, 11) is -2.43. The van der Waals surface area contributed by atoms with E-state index in [9.17, 15) is 18.5 Å². The van der Waals surface area contributed by atoms with Crippen molar-refractivity contribution in [1.29, 1.82) is 0 Å². The van der Waals surface area contributed by atoms with Crippen LogP contribution < -0.4 is 4.31 Å². The summed E-state index contributed by atoms with van der Waals surface area (Å²) in [6.45, 7) is 1.61. The molecule has 2 aromatic carbocycles. The molecule has 0 aliphatic rings. The van der Waals surface area contributed by atoms with Crippen LogP contribution in [0.2, 0.25) is 0 Å². The van der Waals surface area contributed by atoms with Crippen LogP contribution in [0.3, 0.4) is 0 Å². The molecule has 0 atom stereocenters. The van der Waals surface area contributed by atoms with Crippen molar-refractivity contribution in [1.82, 2.24) is 0 Å². The molecule has 0 aliphatic heterocycles. The van der Waals surface area contributed by atoms with Crippen LogP contribution in [-0.4, -0.2) is 20.4 Å². The Morgan fingerprint density at radius 2 is 1.71 bits per heavy atom. The molecule has 0 bridgehead atoms. The molecule has 0 aromatic heterocycles. The summed E-state index contributed by atoms with van der Waals surface area (Å²) in [4.78, 5) is 10.2. The number of nitro groups is 1. The van der Waals surface area contributed by atoms with Gasteiger partial charge in [0.15, 0.2) is 0 Å². The van der Waals surface area contributed by atoms with Crippen molar-refractivity contribution in [2.45, 2.75) is 11.8 Å². The van der Waals surface area contributed by atoms with Gasteiger partial charge in [-0.05, 0) is 24.6 Å². The van der Waals surface area contributed by atoms with Crippen LogP contribution in [-0.2, 0) is 10.0 Å². The molecule has 2 aromatic rings. The van der Waals surface area contributed by atoms with E-state index >= 15 is 0 Å². The number of sulfonamides is 1. The van der Waals surface area contributed by atoms with Crippen LogP contribution in [0.4, 0.5) is 11.4 Å². The molecule has 0 saturated carbocycles. The summed E-state index contributed by atoms with van der Waals surface area (Å²) < 4.78 is 26.4. The Balaban J connectivity index is 2.54. The fourth-order valence-electron chi connectivity index (χ4n) is 1.90. The topological polar surface area (TPSA) is 80.5 Å². The van der Waals surface area contributed by atoms with Gasteiger partial charge in [0, 0.05) is 19.2 Å². The first-order chi connectivity index (χ1) is 9.84. The predicted octanol–water partition coefficient (Wildman–Crippen LogP) is 2.73. The molecule has 0 N–H and O–H groups in total. The van der Waals surface area contributed by atoms with Gasteiger partial charge in [-0.15, -0.1) is 0 Å². The van der Waals surface area contributed by atoms with Crippen LogP contribution >= 0.6 is 0 Å². The second-order valence-corrected chi connectivity index (χ2v) is 6.45. The van der Waals surface area contributed by atoms with Crippen molar-refractivity contribution in [3.63, 3.8) is 0 Å². The van der Waals surface area contributed by atoms with Crippen LogP contribution in [0, 0.1) is 17.0 Å². The van der Waals surface area contributed by atoms with Crippen molar-refractivity contribution in [2.24, 2.45) is 0 Å². The van der Waals surface area contributed by atoms with E-state index in [-0.39, 0.29) is 10.6 Å². The summed E-state index contributed by atoms with van der Waals surface area (Å²) >= 11 is 0. The second-order valence-electron chi connectivity index (χ2n) is 4.51. The highest BCUT2D eigenvalue weighted by molar-refractivity contribution is 7.92. The minimum atomic E-state index is -3.85. The summed E-state index contributed by atoms with van der Waals surface area (Å²) in [5, 5.41) is 10.8. The van der Waals surface area contributed by atoms with E-state index in [0.717, 1.165) is 10.4 Å². The Hall–Kier alpha value is -2.41. The van der Waals surface area contributed by atoms with Crippen LogP contribution in [0.15, 0.2) is 53.4 Å². The molecule has 21 heavy (non-hydrogen) atoms. The largest absolute Gasteiger partial charge is 0.270 e. The maximum Gasteiger partial charge on any atom is 0.270 e. The van der Waals surface area contributed by atoms with E-state index in [1.54, 1.807) is 37.3 Å². The Morgan fingerprint density at radius 3 is 2.29 bits per heavy atom. The number of anilines is 1. The molecule has 2 rings (SSSR count). The Bertz CT molecular complexity index is 773. The third-order valence-electron chi connectivity index (χ3n) is 3.14. The van der Waals surface area contributed by atoms with Gasteiger partial charge >= 0.3 is 0 Å². The molecule has 0 aliphatic carbocycles. The maximum absolute atomic E-state index is 12.6. The smallest absolute Gasteiger partial charge is 0.269 e. The van der Waals surface area contributed by atoms with E-state index in [1.165, 1.54) is 19.2 Å². The van der Waals surface area contributed by atoms with Gasteiger partial charge in [0.05, 0.1) is 15.5 Å². The molecule has 0 heterocycles. The molecule has 0 fully saturated rings. The number of benzene rings is 2. The number of hydrogen-bond donors (Lipinski definition) is 0. The third kappa shape index (κ3) is 2.87. The highest BCUT2D eigenvalue weighted by Crippen LogP contribution is 2.27. The van der Waals surface area contributed by atoms with Crippen molar-refractivity contribution < 1.29 is 13.3 Å². The first-order valence-electron chi connectivity index (χ1n) is 6.13. The van der Waals surface area contributed by atoms with Gasteiger partial charge in [-0.2, -0.15) is 0 Å². The van der Waals surface area contributed by atoms with Gasteiger partial charge in [-0.25, -0.2) is 8.42 Å². The van der Waals surface area contributed by atoms with E-state index in [0.29, 0.717) is 11.3 Å². The number of rotatable bonds is 4. The lowest BCUT2D eigenvalue weighted by Gasteiger charge is -2.20. The van der Waals surface area contributed by atoms with Gasteiger partial charge in [0.1, 0.15) is 0 Å². The zero-order valence-electron chi connectivity index (χ0n) is 11.6. The Kier molecular flexibility index (Phi) is 3.95. The monoisotopic (exact) mass is 306 g/mol. The van der Waals surface area contributed by atoms with Crippen LogP contribution in [0.5, 0.6) is 0 Å². The highest BCUT2D eigenvalue weighted by atomic mass is 32.2. The average Bonchev–Trinajstić information content (AvgIpc) is 2.47. The van der Waals surface area contributed by atoms with E-state index in [2.05, 4.69) is 0 Å². The quantitative estimate of drug-likeness (QED) is 0.642. The van der Waals surface area contributed by atoms with Crippen molar-refractivity contribution >= 4 is 21.4 Å². The minimum Gasteiger partial charge on any atom is -0.269 e. The number of nitrogens with zero attached hydrogens (tertiary/aromatic N) is 2. The number of para-hydroxylation sites is 1. The lowest BCUT2D eigenvalue weighted by atomic mass is 10.2. The first-order valence-corrected chi connectivity index (χ1v) is 7.57. The molecule has 0 saturated heterocycles. The third-order valence-corrected chi connectivity index (χ3v) is 5.07. The molecule has 0 unspecified atom stereocenters. The van der Waals surface area contributed by atoms with Crippen LogP contribution in [0.1, 0.15) is 5.56 Å². The summed E-state index contributed by atoms with van der Waals surface area (Å²) in [5.41, 5.74) is 0.701. The molecule has 110 valence electrons. The van der Waals surface area contributed by atoms with Gasteiger partial charge < -0.3 is 0 Å². The molecule has 7 heteroatoms. The number of hydrogen-bond acceptors (Lipinski definition) is 4. The van der Waals surface area contributed by atoms with Gasteiger partial charge in [-0.1, -0.05) is 24.3 Å². The summed E-state index contributed by atoms with van der Waals surface area (Å²) in [6, 6.07) is 12.4. The molecule has 0 spiro atoms. The fraction of sp³-hybridized carbons (Fsp3) is 0.143. The van der Waals surface area contributed by atoms with Crippen molar-refractivity contribution in [3.05, 3.63) is 64.2 Å². The fourth-order valence-corrected chi connectivity index (χ4v) is 3.34. The van der Waals surface area contributed by atoms with Crippen molar-refractivity contribution in [3.8, 4) is 0 Å². The Morgan fingerprint density at radius 1 is 1.10 bits per heavy atom. The number of nitro benzene ring substituents is 1. The van der Waals surface area contributed by atoms with E-state index < -0.39 is 14.9 Å². The van der Waals surface area contributed by atoms with Gasteiger partial charge in [0.25, 0.3) is 15.7 Å². The molecule has 0 radical (unpaired) electrons.